The van der Waals surface area contributed by atoms with Gasteiger partial charge in [0.1, 0.15) is 0 Å². The van der Waals surface area contributed by atoms with Crippen molar-refractivity contribution in [1.29, 1.82) is 0 Å². The highest BCUT2D eigenvalue weighted by Gasteiger charge is 2.13. The molecule has 0 atom stereocenters. The molecule has 0 bridgehead atoms. The Hall–Kier alpha value is -1.49. The van der Waals surface area contributed by atoms with E-state index in [-0.39, 0.29) is 18.0 Å². The molecule has 0 saturated heterocycles. The fourth-order valence-corrected chi connectivity index (χ4v) is 1.38. The van der Waals surface area contributed by atoms with Gasteiger partial charge in [0.05, 0.1) is 0 Å². The number of rotatable bonds is 5. The highest BCUT2D eigenvalue weighted by Crippen LogP contribution is 2.04. The minimum atomic E-state index is -1.40. The van der Waals surface area contributed by atoms with Gasteiger partial charge in [-0.05, 0) is 42.4 Å². The van der Waals surface area contributed by atoms with E-state index >= 15 is 0 Å². The van der Waals surface area contributed by atoms with E-state index in [1.165, 1.54) is 4.90 Å². The zero-order chi connectivity index (χ0) is 15.5. The molecule has 0 saturated carbocycles. The van der Waals surface area contributed by atoms with Crippen LogP contribution >= 0.6 is 24.4 Å². The third-order valence-corrected chi connectivity index (χ3v) is 2.28. The van der Waals surface area contributed by atoms with Gasteiger partial charge in [0, 0.05) is 25.5 Å². The molecule has 0 amide bonds. The van der Waals surface area contributed by atoms with Crippen molar-refractivity contribution in [1.82, 2.24) is 9.88 Å². The average molecular weight is 317 g/mol. The van der Waals surface area contributed by atoms with Crippen LogP contribution in [0.25, 0.3) is 0 Å². The molecule has 10 heteroatoms. The summed E-state index contributed by atoms with van der Waals surface area (Å²) in [4.78, 5) is 5.42. The lowest BCUT2D eigenvalue weighted by Crippen LogP contribution is -2.32. The fraction of sp³-hybridized carbons (Fsp3) is 0.300. The number of hydrogen-bond donors (Lipinski definition) is 5. The van der Waals surface area contributed by atoms with Gasteiger partial charge in [0.25, 0.3) is 10.3 Å². The number of aliphatic hydroxyl groups is 2. The standard InChI is InChI=1S/C9H13BN2O3S.CH3NOS/c13-9(16)12(5-3-10(14)15)7-8-2-1-4-11-6-8;2-1(3)4/h1-2,4,6,14-15H,3,5,7H2,(H,13,16);(H3,2,3,4). The number of thiocarbonyl (C=S) groups is 2. The van der Waals surface area contributed by atoms with Crippen LogP contribution in [0.3, 0.4) is 0 Å². The van der Waals surface area contributed by atoms with Crippen LogP contribution in [0.1, 0.15) is 5.56 Å². The average Bonchev–Trinajstić information content (AvgIpc) is 2.34. The molecule has 0 spiro atoms. The zero-order valence-electron chi connectivity index (χ0n) is 10.6. The van der Waals surface area contributed by atoms with Crippen molar-refractivity contribution >= 4 is 41.9 Å². The minimum absolute atomic E-state index is 0.126. The predicted molar refractivity (Wildman–Crippen MR) is 84.3 cm³/mol. The highest BCUT2D eigenvalue weighted by molar-refractivity contribution is 7.80. The molecule has 0 aliphatic carbocycles. The lowest BCUT2D eigenvalue weighted by Gasteiger charge is -2.21. The van der Waals surface area contributed by atoms with Crippen LogP contribution < -0.4 is 5.73 Å². The van der Waals surface area contributed by atoms with Crippen LogP contribution in [0.5, 0.6) is 0 Å². The third-order valence-electron chi connectivity index (χ3n) is 2.02. The Balaban J connectivity index is 0.000000796. The van der Waals surface area contributed by atoms with Crippen LogP contribution in [-0.4, -0.2) is 54.2 Å². The van der Waals surface area contributed by atoms with Crippen molar-refractivity contribution in [2.75, 3.05) is 6.54 Å². The van der Waals surface area contributed by atoms with Gasteiger partial charge in [-0.15, -0.1) is 0 Å². The van der Waals surface area contributed by atoms with Crippen LogP contribution in [0.15, 0.2) is 24.5 Å². The van der Waals surface area contributed by atoms with Crippen molar-refractivity contribution < 1.29 is 20.3 Å². The molecule has 1 aromatic rings. The number of aliphatic hydroxyl groups excluding tert-OH is 2. The van der Waals surface area contributed by atoms with Crippen LogP contribution in [0.2, 0.25) is 6.32 Å². The Bertz CT molecular complexity index is 418. The summed E-state index contributed by atoms with van der Waals surface area (Å²) in [7, 11) is -1.40. The maximum absolute atomic E-state index is 9.26. The second-order valence-corrected chi connectivity index (χ2v) is 4.46. The maximum Gasteiger partial charge on any atom is 0.453 e. The van der Waals surface area contributed by atoms with Gasteiger partial charge < -0.3 is 30.9 Å². The van der Waals surface area contributed by atoms with Gasteiger partial charge in [-0.25, -0.2) is 0 Å². The van der Waals surface area contributed by atoms with Crippen LogP contribution in [0.4, 0.5) is 0 Å². The summed E-state index contributed by atoms with van der Waals surface area (Å²) >= 11 is 8.54. The Morgan fingerprint density at radius 1 is 1.35 bits per heavy atom. The summed E-state index contributed by atoms with van der Waals surface area (Å²) in [6.45, 7) is 0.678. The van der Waals surface area contributed by atoms with Gasteiger partial charge in [0.15, 0.2) is 0 Å². The first-order chi connectivity index (χ1) is 9.32. The van der Waals surface area contributed by atoms with Gasteiger partial charge in [0.2, 0.25) is 0 Å². The van der Waals surface area contributed by atoms with Gasteiger partial charge in [-0.3, -0.25) is 4.98 Å². The first-order valence-corrected chi connectivity index (χ1v) is 6.36. The molecule has 20 heavy (non-hydrogen) atoms. The SMILES string of the molecule is NC(O)=S.OB(O)CCN(Cc1cccnc1)C(O)=S. The quantitative estimate of drug-likeness (QED) is 0.377. The lowest BCUT2D eigenvalue weighted by atomic mass is 9.86. The second-order valence-electron chi connectivity index (χ2n) is 3.67. The lowest BCUT2D eigenvalue weighted by molar-refractivity contribution is 0.334. The Morgan fingerprint density at radius 2 is 1.95 bits per heavy atom. The predicted octanol–water partition coefficient (Wildman–Crippen LogP) is -0.0127. The molecule has 0 unspecified atom stereocenters. The van der Waals surface area contributed by atoms with E-state index < -0.39 is 12.3 Å². The smallest absolute Gasteiger partial charge is 0.453 e. The zero-order valence-corrected chi connectivity index (χ0v) is 12.2. The van der Waals surface area contributed by atoms with E-state index in [2.05, 4.69) is 35.2 Å². The summed E-state index contributed by atoms with van der Waals surface area (Å²) in [6, 6.07) is 3.64. The van der Waals surface area contributed by atoms with Crippen molar-refractivity contribution in [3.8, 4) is 0 Å². The summed E-state index contributed by atoms with van der Waals surface area (Å²) in [5.74, 6) is 0. The Kier molecular flexibility index (Phi) is 9.55. The molecule has 1 aromatic heterocycles. The molecule has 7 nitrogen and oxygen atoms in total. The number of nitrogens with zero attached hydrogens (tertiary/aromatic N) is 2. The summed E-state index contributed by atoms with van der Waals surface area (Å²) in [6.07, 6.45) is 3.45. The number of hydrogen-bond acceptors (Lipinski definition) is 5. The van der Waals surface area contributed by atoms with Crippen LogP contribution in [0, 0.1) is 0 Å². The summed E-state index contributed by atoms with van der Waals surface area (Å²) in [5, 5.41) is 33.5. The molecular formula is C10H16BN3O4S2. The van der Waals surface area contributed by atoms with Crippen molar-refractivity contribution in [2.45, 2.75) is 12.9 Å². The first-order valence-electron chi connectivity index (χ1n) is 5.54. The van der Waals surface area contributed by atoms with E-state index in [0.29, 0.717) is 6.54 Å². The Morgan fingerprint density at radius 3 is 2.35 bits per heavy atom. The minimum Gasteiger partial charge on any atom is -0.487 e. The van der Waals surface area contributed by atoms with Crippen molar-refractivity contribution in [3.05, 3.63) is 30.1 Å². The normalized spacial score (nSPS) is 9.10. The van der Waals surface area contributed by atoms with Crippen LogP contribution in [-0.2, 0) is 6.54 Å². The number of aromatic nitrogens is 1. The first kappa shape index (κ1) is 18.5. The largest absolute Gasteiger partial charge is 0.487 e. The fourth-order valence-electron chi connectivity index (χ4n) is 1.23. The molecule has 0 aliphatic rings. The van der Waals surface area contributed by atoms with E-state index in [4.69, 9.17) is 15.2 Å². The maximum atomic E-state index is 9.26. The Labute approximate surface area is 127 Å². The van der Waals surface area contributed by atoms with Gasteiger partial charge >= 0.3 is 7.12 Å². The highest BCUT2D eigenvalue weighted by atomic mass is 32.1. The van der Waals surface area contributed by atoms with Crippen molar-refractivity contribution in [2.24, 2.45) is 5.73 Å². The topological polar surface area (TPSA) is 123 Å². The monoisotopic (exact) mass is 317 g/mol. The molecular weight excluding hydrogens is 301 g/mol. The molecule has 0 aromatic carbocycles. The van der Waals surface area contributed by atoms with E-state index in [1.54, 1.807) is 18.5 Å². The number of pyridine rings is 1. The summed E-state index contributed by atoms with van der Waals surface area (Å²) in [5.41, 5.74) is 5.29. The number of nitrogens with two attached hydrogens (primary N) is 1. The van der Waals surface area contributed by atoms with Gasteiger partial charge in [-0.2, -0.15) is 0 Å². The third kappa shape index (κ3) is 10.4. The van der Waals surface area contributed by atoms with Gasteiger partial charge in [-0.1, -0.05) is 6.07 Å². The molecule has 0 aliphatic heterocycles. The molecule has 1 heterocycles. The summed E-state index contributed by atoms with van der Waals surface area (Å²) < 4.78 is 0. The molecule has 0 radical (unpaired) electrons. The van der Waals surface area contributed by atoms with Crippen molar-refractivity contribution in [3.63, 3.8) is 0 Å². The van der Waals surface area contributed by atoms with E-state index in [1.807, 2.05) is 6.07 Å². The molecule has 110 valence electrons. The second kappa shape index (κ2) is 10.3. The van der Waals surface area contributed by atoms with E-state index in [9.17, 15) is 5.11 Å². The molecule has 1 rings (SSSR count). The van der Waals surface area contributed by atoms with E-state index in [0.717, 1.165) is 5.56 Å². The molecule has 6 N–H and O–H groups in total. The molecule has 0 fully saturated rings.